The molecule has 0 spiro atoms. The van der Waals surface area contributed by atoms with E-state index in [2.05, 4.69) is 16.0 Å². The van der Waals surface area contributed by atoms with Crippen molar-refractivity contribution in [3.05, 3.63) is 29.3 Å². The highest BCUT2D eigenvalue weighted by Crippen LogP contribution is 2.32. The van der Waals surface area contributed by atoms with Crippen molar-refractivity contribution in [2.24, 2.45) is 0 Å². The molecule has 0 radical (unpaired) electrons. The van der Waals surface area contributed by atoms with E-state index in [0.29, 0.717) is 18.7 Å². The highest BCUT2D eigenvalue weighted by molar-refractivity contribution is 6.25. The first-order chi connectivity index (χ1) is 15.8. The highest BCUT2D eigenvalue weighted by Gasteiger charge is 2.45. The predicted molar refractivity (Wildman–Crippen MR) is 123 cm³/mol. The third kappa shape index (κ3) is 5.97. The van der Waals surface area contributed by atoms with E-state index in [4.69, 9.17) is 0 Å². The topological polar surface area (TPSA) is 125 Å². The number of nitrogens with one attached hydrogen (secondary N) is 3. The van der Waals surface area contributed by atoms with E-state index in [1.165, 1.54) is 0 Å². The summed E-state index contributed by atoms with van der Waals surface area (Å²) < 4.78 is 0. The van der Waals surface area contributed by atoms with Crippen molar-refractivity contribution in [3.8, 4) is 0 Å². The Balaban J connectivity index is 1.48. The molecule has 0 aromatic heterocycles. The van der Waals surface area contributed by atoms with Gasteiger partial charge in [-0.3, -0.25) is 34.2 Å². The number of carbonyl (C=O) groups excluding carboxylic acids is 5. The molecule has 9 nitrogen and oxygen atoms in total. The number of rotatable bonds is 11. The summed E-state index contributed by atoms with van der Waals surface area (Å²) in [4.78, 5) is 62.1. The molecule has 5 amide bonds. The molecule has 1 saturated heterocycles. The largest absolute Gasteiger partial charge is 0.384 e. The average molecular weight is 457 g/mol. The summed E-state index contributed by atoms with van der Waals surface area (Å²) in [6, 6.07) is 4.25. The smallest absolute Gasteiger partial charge is 0.264 e. The van der Waals surface area contributed by atoms with Crippen molar-refractivity contribution in [3.63, 3.8) is 0 Å². The fourth-order valence-electron chi connectivity index (χ4n) is 4.22. The Hall–Kier alpha value is -3.23. The predicted octanol–water partition coefficient (Wildman–Crippen LogP) is 2.36. The molecule has 1 aromatic rings. The Morgan fingerprint density at radius 2 is 1.79 bits per heavy atom. The van der Waals surface area contributed by atoms with Crippen LogP contribution in [0.3, 0.4) is 0 Å². The van der Waals surface area contributed by atoms with E-state index >= 15 is 0 Å². The Morgan fingerprint density at radius 3 is 2.52 bits per heavy atom. The number of benzene rings is 1. The molecular weight excluding hydrogens is 424 g/mol. The minimum absolute atomic E-state index is 0.0927. The maximum atomic E-state index is 13.1. The molecule has 0 aliphatic carbocycles. The second-order valence-electron chi connectivity index (χ2n) is 8.84. The molecule has 3 rings (SSSR count). The summed E-state index contributed by atoms with van der Waals surface area (Å²) in [6.07, 6.45) is 5.53. The van der Waals surface area contributed by atoms with Crippen LogP contribution in [0.25, 0.3) is 0 Å². The summed E-state index contributed by atoms with van der Waals surface area (Å²) in [6.45, 7) is 4.54. The summed E-state index contributed by atoms with van der Waals surface area (Å²) in [5, 5.41) is 8.34. The van der Waals surface area contributed by atoms with E-state index in [0.717, 1.165) is 37.0 Å². The van der Waals surface area contributed by atoms with Gasteiger partial charge in [0, 0.05) is 31.1 Å². The number of fused-ring (bicyclic) bond motifs is 1. The molecule has 1 unspecified atom stereocenters. The van der Waals surface area contributed by atoms with Gasteiger partial charge in [0.1, 0.15) is 6.04 Å². The number of carbonyl (C=O) groups is 5. The number of amides is 5. The lowest BCUT2D eigenvalue weighted by atomic mass is 10.0. The number of unbranched alkanes of at least 4 members (excludes halogenated alkanes) is 4. The third-order valence-corrected chi connectivity index (χ3v) is 5.81. The fraction of sp³-hybridized carbons (Fsp3) is 0.542. The Labute approximate surface area is 193 Å². The van der Waals surface area contributed by atoms with Crippen molar-refractivity contribution in [1.29, 1.82) is 0 Å². The van der Waals surface area contributed by atoms with Crippen LogP contribution in [0.5, 0.6) is 0 Å². The van der Waals surface area contributed by atoms with E-state index in [-0.39, 0.29) is 35.9 Å². The van der Waals surface area contributed by atoms with Gasteiger partial charge in [-0.25, -0.2) is 0 Å². The lowest BCUT2D eigenvalue weighted by Gasteiger charge is -2.27. The summed E-state index contributed by atoms with van der Waals surface area (Å²) in [5.41, 5.74) is 1.13. The zero-order valence-electron chi connectivity index (χ0n) is 19.2. The van der Waals surface area contributed by atoms with Crippen LogP contribution in [0.2, 0.25) is 0 Å². The van der Waals surface area contributed by atoms with Gasteiger partial charge in [-0.2, -0.15) is 0 Å². The van der Waals surface area contributed by atoms with Crippen molar-refractivity contribution in [1.82, 2.24) is 15.5 Å². The van der Waals surface area contributed by atoms with Crippen LogP contribution in [0.15, 0.2) is 18.2 Å². The second-order valence-corrected chi connectivity index (χ2v) is 8.84. The molecule has 1 fully saturated rings. The van der Waals surface area contributed by atoms with Gasteiger partial charge in [-0.05, 0) is 45.2 Å². The molecule has 1 atom stereocenters. The molecule has 0 saturated carbocycles. The van der Waals surface area contributed by atoms with E-state index in [1.807, 2.05) is 13.8 Å². The Kier molecular flexibility index (Phi) is 8.19. The van der Waals surface area contributed by atoms with Crippen LogP contribution in [0.1, 0.15) is 85.9 Å². The van der Waals surface area contributed by atoms with E-state index in [9.17, 15) is 24.0 Å². The third-order valence-electron chi connectivity index (χ3n) is 5.81. The molecule has 2 aliphatic heterocycles. The number of piperidine rings is 1. The van der Waals surface area contributed by atoms with Gasteiger partial charge in [-0.1, -0.05) is 25.3 Å². The zero-order chi connectivity index (χ0) is 24.0. The van der Waals surface area contributed by atoms with Gasteiger partial charge < -0.3 is 10.6 Å². The lowest BCUT2D eigenvalue weighted by Crippen LogP contribution is -2.54. The quantitative estimate of drug-likeness (QED) is 0.347. The van der Waals surface area contributed by atoms with Gasteiger partial charge in [0.15, 0.2) is 0 Å². The Bertz CT molecular complexity index is 943. The summed E-state index contributed by atoms with van der Waals surface area (Å²) in [5.74, 6) is -1.93. The monoisotopic (exact) mass is 456 g/mol. The molecule has 1 aromatic carbocycles. The molecule has 9 heteroatoms. The van der Waals surface area contributed by atoms with Gasteiger partial charge in [-0.15, -0.1) is 0 Å². The first kappa shape index (κ1) is 24.4. The molecule has 0 bridgehead atoms. The number of imide groups is 2. The number of anilines is 1. The molecule has 3 N–H and O–H groups in total. The molecule has 33 heavy (non-hydrogen) atoms. The van der Waals surface area contributed by atoms with Crippen molar-refractivity contribution in [2.45, 2.75) is 77.3 Å². The van der Waals surface area contributed by atoms with Crippen molar-refractivity contribution < 1.29 is 24.0 Å². The van der Waals surface area contributed by atoms with E-state index in [1.54, 1.807) is 18.2 Å². The molecule has 2 aliphatic rings. The molecular formula is C24H32N4O5. The maximum absolute atomic E-state index is 13.1. The van der Waals surface area contributed by atoms with Gasteiger partial charge in [0.2, 0.25) is 17.7 Å². The first-order valence-corrected chi connectivity index (χ1v) is 11.7. The Morgan fingerprint density at radius 1 is 1.06 bits per heavy atom. The number of hydrogen-bond acceptors (Lipinski definition) is 6. The second kappa shape index (κ2) is 11.1. The maximum Gasteiger partial charge on any atom is 0.264 e. The van der Waals surface area contributed by atoms with Crippen LogP contribution in [-0.2, 0) is 14.4 Å². The van der Waals surface area contributed by atoms with Crippen LogP contribution in [0, 0.1) is 0 Å². The minimum atomic E-state index is -0.967. The summed E-state index contributed by atoms with van der Waals surface area (Å²) in [7, 11) is 0. The van der Waals surface area contributed by atoms with Crippen LogP contribution < -0.4 is 16.0 Å². The fourth-order valence-corrected chi connectivity index (χ4v) is 4.22. The first-order valence-electron chi connectivity index (χ1n) is 11.7. The minimum Gasteiger partial charge on any atom is -0.384 e. The number of hydrogen-bond donors (Lipinski definition) is 3. The van der Waals surface area contributed by atoms with Crippen molar-refractivity contribution in [2.75, 3.05) is 11.9 Å². The molecule has 2 heterocycles. The number of nitrogens with zero attached hydrogens (tertiary/aromatic N) is 1. The van der Waals surface area contributed by atoms with Gasteiger partial charge in [0.25, 0.3) is 11.8 Å². The normalized spacial score (nSPS) is 17.9. The van der Waals surface area contributed by atoms with Crippen LogP contribution in [-0.4, -0.2) is 53.1 Å². The van der Waals surface area contributed by atoms with Crippen LogP contribution >= 0.6 is 0 Å². The van der Waals surface area contributed by atoms with E-state index < -0.39 is 29.7 Å². The summed E-state index contributed by atoms with van der Waals surface area (Å²) >= 11 is 0. The standard InChI is InChI=1S/C24H32N4O5/c1-15(2)26-19(29)11-6-4-3-5-7-14-25-17-10-8-9-16-21(17)24(33)28(23(16)32)18-12-13-20(30)27-22(18)31/h8-10,15,18,25H,3-7,11-14H2,1-2H3,(H,26,29)(H,27,30,31). The molecule has 178 valence electrons. The van der Waals surface area contributed by atoms with Crippen molar-refractivity contribution >= 4 is 35.2 Å². The van der Waals surface area contributed by atoms with Gasteiger partial charge >= 0.3 is 0 Å². The zero-order valence-corrected chi connectivity index (χ0v) is 19.2. The van der Waals surface area contributed by atoms with Crippen LogP contribution in [0.4, 0.5) is 5.69 Å². The average Bonchev–Trinajstić information content (AvgIpc) is 3.00. The SMILES string of the molecule is CC(C)NC(=O)CCCCCCCNc1cccc2c1C(=O)N(C1CCC(=O)NC1=O)C2=O. The highest BCUT2D eigenvalue weighted by atomic mass is 16.2. The lowest BCUT2D eigenvalue weighted by molar-refractivity contribution is -0.136. The van der Waals surface area contributed by atoms with Gasteiger partial charge in [0.05, 0.1) is 11.1 Å².